The van der Waals surface area contributed by atoms with Gasteiger partial charge >= 0.3 is 0 Å². The second-order valence-corrected chi connectivity index (χ2v) is 3.37. The van der Waals surface area contributed by atoms with Gasteiger partial charge in [-0.05, 0) is 24.5 Å². The fourth-order valence-electron chi connectivity index (χ4n) is 1.02. The van der Waals surface area contributed by atoms with Crippen LogP contribution in [-0.4, -0.2) is 5.88 Å². The summed E-state index contributed by atoms with van der Waals surface area (Å²) in [6.07, 6.45) is 1.65. The topological polar surface area (TPSA) is 0 Å². The molecule has 0 nitrogen and oxygen atoms in total. The summed E-state index contributed by atoms with van der Waals surface area (Å²) in [5.41, 5.74) is 0.930. The molecule has 66 valence electrons. The van der Waals surface area contributed by atoms with Crippen LogP contribution in [0.3, 0.4) is 0 Å². The highest BCUT2D eigenvalue weighted by Gasteiger charge is 2.02. The average Bonchev–Trinajstić information content (AvgIpc) is 2.08. The van der Waals surface area contributed by atoms with E-state index in [2.05, 4.69) is 12.6 Å². The Hall–Kier alpha value is -0.210. The predicted octanol–water partition coefficient (Wildman–Crippen LogP) is 3.29. The maximum absolute atomic E-state index is 12.9. The van der Waals surface area contributed by atoms with Crippen LogP contribution < -0.4 is 0 Å². The molecule has 0 heterocycles. The third kappa shape index (κ3) is 2.39. The number of alkyl halides is 1. The molecule has 0 spiro atoms. The summed E-state index contributed by atoms with van der Waals surface area (Å²) < 4.78 is 12.9. The number of halogens is 2. The minimum atomic E-state index is -0.259. The monoisotopic (exact) mass is 204 g/mol. The molecule has 0 radical (unpaired) electrons. The van der Waals surface area contributed by atoms with Crippen molar-refractivity contribution in [1.29, 1.82) is 0 Å². The molecule has 1 aromatic rings. The van der Waals surface area contributed by atoms with Crippen molar-refractivity contribution in [2.24, 2.45) is 0 Å². The molecule has 0 amide bonds. The van der Waals surface area contributed by atoms with Crippen LogP contribution in [0.15, 0.2) is 23.1 Å². The van der Waals surface area contributed by atoms with Gasteiger partial charge in [0.15, 0.2) is 0 Å². The first-order valence-corrected chi connectivity index (χ1v) is 4.76. The zero-order valence-electron chi connectivity index (χ0n) is 6.56. The number of hydrogen-bond acceptors (Lipinski definition) is 1. The van der Waals surface area contributed by atoms with Crippen LogP contribution in [0.25, 0.3) is 0 Å². The van der Waals surface area contributed by atoms with Crippen molar-refractivity contribution < 1.29 is 4.39 Å². The molecule has 0 aliphatic carbocycles. The number of rotatable bonds is 3. The lowest BCUT2D eigenvalue weighted by Gasteiger charge is -2.03. The molecule has 0 N–H and O–H groups in total. The van der Waals surface area contributed by atoms with Gasteiger partial charge in [-0.15, -0.1) is 24.2 Å². The van der Waals surface area contributed by atoms with Crippen molar-refractivity contribution >= 4 is 24.2 Å². The first-order valence-electron chi connectivity index (χ1n) is 3.78. The Labute approximate surface area is 82.2 Å². The van der Waals surface area contributed by atoms with Gasteiger partial charge in [0, 0.05) is 10.8 Å². The lowest BCUT2D eigenvalue weighted by molar-refractivity contribution is 0.597. The van der Waals surface area contributed by atoms with Crippen LogP contribution in [0.5, 0.6) is 0 Å². The SMILES string of the molecule is Fc1cccc(CCCCl)c1S. The van der Waals surface area contributed by atoms with Gasteiger partial charge in [0.05, 0.1) is 0 Å². The van der Waals surface area contributed by atoms with Gasteiger partial charge in [0.25, 0.3) is 0 Å². The van der Waals surface area contributed by atoms with E-state index >= 15 is 0 Å². The molecule has 3 heteroatoms. The Kier molecular flexibility index (Phi) is 3.89. The van der Waals surface area contributed by atoms with Gasteiger partial charge in [-0.25, -0.2) is 4.39 Å². The van der Waals surface area contributed by atoms with Gasteiger partial charge in [0.1, 0.15) is 5.82 Å². The molecule has 0 aromatic heterocycles. The van der Waals surface area contributed by atoms with Gasteiger partial charge in [-0.2, -0.15) is 0 Å². The van der Waals surface area contributed by atoms with Gasteiger partial charge in [-0.1, -0.05) is 12.1 Å². The maximum Gasteiger partial charge on any atom is 0.136 e. The minimum absolute atomic E-state index is 0.259. The summed E-state index contributed by atoms with van der Waals surface area (Å²) in [4.78, 5) is 0.447. The van der Waals surface area contributed by atoms with Crippen LogP contribution in [0.2, 0.25) is 0 Å². The first kappa shape index (κ1) is 9.87. The molecule has 0 bridgehead atoms. The molecular formula is C9H10ClFS. The molecule has 0 unspecified atom stereocenters. The Morgan fingerprint density at radius 3 is 2.83 bits per heavy atom. The quantitative estimate of drug-likeness (QED) is 0.567. The van der Waals surface area contributed by atoms with E-state index in [0.717, 1.165) is 18.4 Å². The van der Waals surface area contributed by atoms with E-state index in [9.17, 15) is 4.39 Å². The number of hydrogen-bond donors (Lipinski definition) is 1. The predicted molar refractivity (Wildman–Crippen MR) is 52.7 cm³/mol. The molecule has 0 saturated heterocycles. The van der Waals surface area contributed by atoms with Crippen molar-refractivity contribution in [2.45, 2.75) is 17.7 Å². The zero-order valence-corrected chi connectivity index (χ0v) is 8.21. The largest absolute Gasteiger partial charge is 0.206 e. The smallest absolute Gasteiger partial charge is 0.136 e. The Bertz CT molecular complexity index is 263. The Balaban J connectivity index is 2.78. The molecule has 0 fully saturated rings. The van der Waals surface area contributed by atoms with Crippen LogP contribution in [0, 0.1) is 5.82 Å². The highest BCUT2D eigenvalue weighted by Crippen LogP contribution is 2.18. The Morgan fingerprint density at radius 2 is 2.17 bits per heavy atom. The van der Waals surface area contributed by atoms with Crippen LogP contribution >= 0.6 is 24.2 Å². The maximum atomic E-state index is 12.9. The standard InChI is InChI=1S/C9H10ClFS/c10-6-2-4-7-3-1-5-8(11)9(7)12/h1,3,5,12H,2,4,6H2. The van der Waals surface area contributed by atoms with Crippen molar-refractivity contribution in [1.82, 2.24) is 0 Å². The van der Waals surface area contributed by atoms with E-state index in [4.69, 9.17) is 11.6 Å². The number of thiol groups is 1. The molecule has 0 atom stereocenters. The summed E-state index contributed by atoms with van der Waals surface area (Å²) in [6.45, 7) is 0. The molecule has 12 heavy (non-hydrogen) atoms. The minimum Gasteiger partial charge on any atom is -0.206 e. The Morgan fingerprint density at radius 1 is 1.42 bits per heavy atom. The summed E-state index contributed by atoms with van der Waals surface area (Å²) in [5.74, 6) is 0.342. The summed E-state index contributed by atoms with van der Waals surface area (Å²) in [7, 11) is 0. The average molecular weight is 205 g/mol. The molecule has 0 aliphatic rings. The highest BCUT2D eigenvalue weighted by molar-refractivity contribution is 7.80. The van der Waals surface area contributed by atoms with E-state index in [0.29, 0.717) is 10.8 Å². The van der Waals surface area contributed by atoms with Gasteiger partial charge in [-0.3, -0.25) is 0 Å². The van der Waals surface area contributed by atoms with E-state index < -0.39 is 0 Å². The van der Waals surface area contributed by atoms with Gasteiger partial charge in [0.2, 0.25) is 0 Å². The van der Waals surface area contributed by atoms with Crippen molar-refractivity contribution in [2.75, 3.05) is 5.88 Å². The van der Waals surface area contributed by atoms with Crippen molar-refractivity contribution in [3.05, 3.63) is 29.6 Å². The van der Waals surface area contributed by atoms with E-state index in [1.165, 1.54) is 6.07 Å². The van der Waals surface area contributed by atoms with E-state index in [-0.39, 0.29) is 5.82 Å². The molecule has 1 rings (SSSR count). The third-order valence-corrected chi connectivity index (χ3v) is 2.42. The first-order chi connectivity index (χ1) is 5.75. The van der Waals surface area contributed by atoms with Crippen LogP contribution in [0.1, 0.15) is 12.0 Å². The third-order valence-electron chi connectivity index (χ3n) is 1.65. The normalized spacial score (nSPS) is 10.2. The number of benzene rings is 1. The molecule has 0 saturated carbocycles. The highest BCUT2D eigenvalue weighted by atomic mass is 35.5. The lowest BCUT2D eigenvalue weighted by Crippen LogP contribution is -1.90. The van der Waals surface area contributed by atoms with Crippen molar-refractivity contribution in [3.8, 4) is 0 Å². The molecule has 1 aromatic carbocycles. The molecular weight excluding hydrogens is 195 g/mol. The van der Waals surface area contributed by atoms with E-state index in [1.807, 2.05) is 6.07 Å². The fourth-order valence-corrected chi connectivity index (χ4v) is 1.41. The fraction of sp³-hybridized carbons (Fsp3) is 0.333. The number of aryl methyl sites for hydroxylation is 1. The second kappa shape index (κ2) is 4.73. The lowest BCUT2D eigenvalue weighted by atomic mass is 10.1. The zero-order chi connectivity index (χ0) is 8.97. The van der Waals surface area contributed by atoms with Crippen molar-refractivity contribution in [3.63, 3.8) is 0 Å². The van der Waals surface area contributed by atoms with Crippen LogP contribution in [-0.2, 0) is 6.42 Å². The summed E-state index contributed by atoms with van der Waals surface area (Å²) in [6, 6.07) is 4.98. The van der Waals surface area contributed by atoms with Crippen LogP contribution in [0.4, 0.5) is 4.39 Å². The van der Waals surface area contributed by atoms with Gasteiger partial charge < -0.3 is 0 Å². The summed E-state index contributed by atoms with van der Waals surface area (Å²) in [5, 5.41) is 0. The second-order valence-electron chi connectivity index (χ2n) is 2.54. The van der Waals surface area contributed by atoms with E-state index in [1.54, 1.807) is 6.07 Å². The summed E-state index contributed by atoms with van der Waals surface area (Å²) >= 11 is 9.59. The molecule has 0 aliphatic heterocycles.